The van der Waals surface area contributed by atoms with Crippen LogP contribution in [-0.2, 0) is 28.6 Å². The van der Waals surface area contributed by atoms with Crippen LogP contribution < -0.4 is 0 Å². The zero-order valence-corrected chi connectivity index (χ0v) is 39.1. The number of hydrogen-bond acceptors (Lipinski definition) is 6. The molecule has 0 aromatic heterocycles. The molecule has 0 N–H and O–H groups in total. The van der Waals surface area contributed by atoms with Crippen LogP contribution >= 0.6 is 0 Å². The highest BCUT2D eigenvalue weighted by Crippen LogP contribution is 2.18. The van der Waals surface area contributed by atoms with Gasteiger partial charge in [0.2, 0.25) is 0 Å². The van der Waals surface area contributed by atoms with Crippen molar-refractivity contribution in [3.05, 3.63) is 0 Å². The Labute approximate surface area is 355 Å². The lowest BCUT2D eigenvalue weighted by Gasteiger charge is -2.18. The lowest BCUT2D eigenvalue weighted by Crippen LogP contribution is -2.30. The minimum Gasteiger partial charge on any atom is -0.462 e. The van der Waals surface area contributed by atoms with E-state index in [1.165, 1.54) is 154 Å². The molecule has 57 heavy (non-hydrogen) atoms. The topological polar surface area (TPSA) is 78.9 Å². The first kappa shape index (κ1) is 55.4. The molecule has 0 radical (unpaired) electrons. The Bertz CT molecular complexity index is 885. The van der Waals surface area contributed by atoms with Crippen molar-refractivity contribution in [2.24, 2.45) is 17.8 Å². The molecular formula is C51H98O6. The van der Waals surface area contributed by atoms with Crippen LogP contribution in [-0.4, -0.2) is 37.2 Å². The first-order valence-corrected chi connectivity index (χ1v) is 25.1. The van der Waals surface area contributed by atoms with Crippen LogP contribution in [0.2, 0.25) is 0 Å². The maximum Gasteiger partial charge on any atom is 0.306 e. The number of rotatable bonds is 44. The molecular weight excluding hydrogens is 709 g/mol. The molecule has 338 valence electrons. The van der Waals surface area contributed by atoms with Gasteiger partial charge in [0.15, 0.2) is 6.10 Å². The maximum atomic E-state index is 12.8. The zero-order chi connectivity index (χ0) is 42.0. The quantitative estimate of drug-likeness (QED) is 0.0347. The highest BCUT2D eigenvalue weighted by Gasteiger charge is 2.19. The zero-order valence-electron chi connectivity index (χ0n) is 39.1. The molecule has 0 aromatic carbocycles. The van der Waals surface area contributed by atoms with Crippen LogP contribution in [0.15, 0.2) is 0 Å². The van der Waals surface area contributed by atoms with Gasteiger partial charge >= 0.3 is 17.9 Å². The fourth-order valence-electron chi connectivity index (χ4n) is 7.55. The van der Waals surface area contributed by atoms with E-state index in [0.717, 1.165) is 75.5 Å². The van der Waals surface area contributed by atoms with Crippen LogP contribution in [0, 0.1) is 17.8 Å². The predicted octanol–water partition coefficient (Wildman–Crippen LogP) is 16.0. The molecule has 0 aliphatic rings. The van der Waals surface area contributed by atoms with Gasteiger partial charge in [-0.15, -0.1) is 0 Å². The van der Waals surface area contributed by atoms with Gasteiger partial charge in [-0.2, -0.15) is 0 Å². The summed E-state index contributed by atoms with van der Waals surface area (Å²) in [5.74, 6) is 1.61. The molecule has 0 rings (SSSR count). The number of ether oxygens (including phenoxy) is 3. The number of unbranched alkanes of at least 4 members (excludes halogenated alkanes) is 26. The van der Waals surface area contributed by atoms with E-state index in [9.17, 15) is 14.4 Å². The average Bonchev–Trinajstić information content (AvgIpc) is 3.18. The third-order valence-electron chi connectivity index (χ3n) is 11.8. The van der Waals surface area contributed by atoms with Crippen LogP contribution in [0.5, 0.6) is 0 Å². The molecule has 1 unspecified atom stereocenters. The van der Waals surface area contributed by atoms with Gasteiger partial charge in [0.05, 0.1) is 0 Å². The largest absolute Gasteiger partial charge is 0.462 e. The number of carbonyl (C=O) groups is 3. The second-order valence-electron chi connectivity index (χ2n) is 18.6. The Kier molecular flexibility index (Phi) is 41.3. The van der Waals surface area contributed by atoms with Crippen LogP contribution in [0.4, 0.5) is 0 Å². The van der Waals surface area contributed by atoms with Crippen molar-refractivity contribution < 1.29 is 28.6 Å². The Morgan fingerprint density at radius 2 is 0.614 bits per heavy atom. The molecule has 0 aliphatic carbocycles. The first-order chi connectivity index (χ1) is 27.6. The van der Waals surface area contributed by atoms with E-state index < -0.39 is 6.10 Å². The fourth-order valence-corrected chi connectivity index (χ4v) is 7.55. The van der Waals surface area contributed by atoms with Crippen molar-refractivity contribution in [1.29, 1.82) is 0 Å². The Balaban J connectivity index is 4.30. The average molecular weight is 807 g/mol. The van der Waals surface area contributed by atoms with Gasteiger partial charge < -0.3 is 14.2 Å². The fraction of sp³-hybridized carbons (Fsp3) is 0.941. The van der Waals surface area contributed by atoms with E-state index in [-0.39, 0.29) is 31.1 Å². The predicted molar refractivity (Wildman–Crippen MR) is 243 cm³/mol. The smallest absolute Gasteiger partial charge is 0.306 e. The number of esters is 3. The molecule has 0 aromatic rings. The lowest BCUT2D eigenvalue weighted by molar-refractivity contribution is -0.167. The molecule has 0 spiro atoms. The normalized spacial score (nSPS) is 12.6. The monoisotopic (exact) mass is 807 g/mol. The van der Waals surface area contributed by atoms with Crippen molar-refractivity contribution in [3.63, 3.8) is 0 Å². The molecule has 0 fully saturated rings. The summed E-state index contributed by atoms with van der Waals surface area (Å²) < 4.78 is 16.8. The molecule has 2 atom stereocenters. The van der Waals surface area contributed by atoms with E-state index in [0.29, 0.717) is 19.3 Å². The molecule has 0 saturated carbocycles. The summed E-state index contributed by atoms with van der Waals surface area (Å²) in [6.45, 7) is 13.7. The molecule has 0 aliphatic heterocycles. The first-order valence-electron chi connectivity index (χ1n) is 25.1. The molecule has 0 amide bonds. The second kappa shape index (κ2) is 42.5. The SMILES string of the molecule is CCC(C)CCCCCCCCC(=O)OC[C@@H](COC(=O)CCCCCCCCCCCC(C)C)OC(=O)CCCCCCCCCCCCCCCCC(C)C. The van der Waals surface area contributed by atoms with E-state index in [1.54, 1.807) is 0 Å². The van der Waals surface area contributed by atoms with Crippen molar-refractivity contribution in [1.82, 2.24) is 0 Å². The van der Waals surface area contributed by atoms with Gasteiger partial charge in [0.1, 0.15) is 13.2 Å². The van der Waals surface area contributed by atoms with Crippen molar-refractivity contribution in [3.8, 4) is 0 Å². The van der Waals surface area contributed by atoms with Gasteiger partial charge in [-0.1, -0.05) is 234 Å². The van der Waals surface area contributed by atoms with Crippen LogP contribution in [0.3, 0.4) is 0 Å². The Morgan fingerprint density at radius 3 is 0.912 bits per heavy atom. The van der Waals surface area contributed by atoms with Crippen LogP contribution in [0.1, 0.15) is 273 Å². The summed E-state index contributed by atoms with van der Waals surface area (Å²) in [6, 6.07) is 0. The highest BCUT2D eigenvalue weighted by atomic mass is 16.6. The summed E-state index contributed by atoms with van der Waals surface area (Å²) in [5, 5.41) is 0. The van der Waals surface area contributed by atoms with E-state index >= 15 is 0 Å². The summed E-state index contributed by atoms with van der Waals surface area (Å²) in [5.41, 5.74) is 0. The second-order valence-corrected chi connectivity index (χ2v) is 18.6. The maximum absolute atomic E-state index is 12.8. The summed E-state index contributed by atoms with van der Waals surface area (Å²) >= 11 is 0. The van der Waals surface area contributed by atoms with Gasteiger partial charge in [-0.25, -0.2) is 0 Å². The van der Waals surface area contributed by atoms with Crippen molar-refractivity contribution in [2.45, 2.75) is 279 Å². The third-order valence-corrected chi connectivity index (χ3v) is 11.8. The van der Waals surface area contributed by atoms with Gasteiger partial charge in [-0.3, -0.25) is 14.4 Å². The van der Waals surface area contributed by atoms with E-state index in [1.807, 2.05) is 0 Å². The van der Waals surface area contributed by atoms with Gasteiger partial charge in [0, 0.05) is 19.3 Å². The summed E-state index contributed by atoms with van der Waals surface area (Å²) in [7, 11) is 0. The Hall–Kier alpha value is -1.59. The van der Waals surface area contributed by atoms with Crippen molar-refractivity contribution in [2.75, 3.05) is 13.2 Å². The third kappa shape index (κ3) is 43.8. The molecule has 0 bridgehead atoms. The number of hydrogen-bond donors (Lipinski definition) is 0. The van der Waals surface area contributed by atoms with Crippen molar-refractivity contribution >= 4 is 17.9 Å². The lowest BCUT2D eigenvalue weighted by atomic mass is 10.00. The molecule has 0 heterocycles. The van der Waals surface area contributed by atoms with E-state index in [4.69, 9.17) is 14.2 Å². The summed E-state index contributed by atoms with van der Waals surface area (Å²) in [6.07, 6.45) is 40.9. The minimum atomic E-state index is -0.763. The summed E-state index contributed by atoms with van der Waals surface area (Å²) in [4.78, 5) is 37.8. The highest BCUT2D eigenvalue weighted by molar-refractivity contribution is 5.71. The standard InChI is InChI=1S/C51H98O6/c1-7-47(6)39-33-27-23-24-29-35-41-50(53)56-44-48(43-55-49(52)40-34-28-21-18-14-16-20-26-32-38-46(4)5)57-51(54)42-36-30-22-17-13-11-9-8-10-12-15-19-25-31-37-45(2)3/h45-48H,7-44H2,1-6H3/t47?,48-/m1/s1. The van der Waals surface area contributed by atoms with Crippen LogP contribution in [0.25, 0.3) is 0 Å². The Morgan fingerprint density at radius 1 is 0.351 bits per heavy atom. The van der Waals surface area contributed by atoms with Gasteiger partial charge in [0.25, 0.3) is 0 Å². The molecule has 6 nitrogen and oxygen atoms in total. The van der Waals surface area contributed by atoms with E-state index in [2.05, 4.69) is 41.5 Å². The minimum absolute atomic E-state index is 0.0659. The molecule has 6 heteroatoms. The number of carbonyl (C=O) groups excluding carboxylic acids is 3. The van der Waals surface area contributed by atoms with Gasteiger partial charge in [-0.05, 0) is 37.0 Å². The molecule has 0 saturated heterocycles.